The maximum atomic E-state index is 13.8. The van der Waals surface area contributed by atoms with E-state index in [0.717, 1.165) is 34.3 Å². The summed E-state index contributed by atoms with van der Waals surface area (Å²) in [6, 6.07) is 12.1. The molecule has 5 nitrogen and oxygen atoms in total. The van der Waals surface area contributed by atoms with Crippen LogP contribution >= 0.6 is 27.7 Å². The molecule has 0 bridgehead atoms. The molecule has 0 fully saturated rings. The number of thioether (sulfide) groups is 1. The molecule has 0 radical (unpaired) electrons. The summed E-state index contributed by atoms with van der Waals surface area (Å²) in [4.78, 5) is 4.59. The highest BCUT2D eigenvalue weighted by Crippen LogP contribution is 2.40. The van der Waals surface area contributed by atoms with E-state index in [0.29, 0.717) is 22.3 Å². The number of fused-ring (bicyclic) bond motifs is 3. The third kappa shape index (κ3) is 4.12. The maximum absolute atomic E-state index is 13.8. The minimum absolute atomic E-state index is 0.319. The first kappa shape index (κ1) is 19.1. The summed E-state index contributed by atoms with van der Waals surface area (Å²) < 4.78 is 20.8. The number of halogens is 2. The van der Waals surface area contributed by atoms with E-state index in [1.807, 2.05) is 24.3 Å². The fourth-order valence-electron chi connectivity index (χ4n) is 2.86. The summed E-state index contributed by atoms with van der Waals surface area (Å²) in [5.41, 5.74) is 2.87. The van der Waals surface area contributed by atoms with Crippen molar-refractivity contribution in [3.05, 3.63) is 58.3 Å². The van der Waals surface area contributed by atoms with Crippen molar-refractivity contribution in [2.75, 3.05) is 11.1 Å². The Bertz CT molecular complexity index is 1000. The third-order valence-electron chi connectivity index (χ3n) is 4.27. The highest BCUT2D eigenvalue weighted by Gasteiger charge is 2.26. The van der Waals surface area contributed by atoms with Gasteiger partial charge in [-0.25, -0.2) is 4.39 Å². The van der Waals surface area contributed by atoms with Gasteiger partial charge in [0.15, 0.2) is 11.9 Å². The summed E-state index contributed by atoms with van der Waals surface area (Å²) in [6.07, 6.45) is 1.59. The molecule has 1 atom stereocenters. The van der Waals surface area contributed by atoms with Gasteiger partial charge in [0.05, 0.1) is 0 Å². The van der Waals surface area contributed by atoms with Gasteiger partial charge in [0.25, 0.3) is 0 Å². The highest BCUT2D eigenvalue weighted by molar-refractivity contribution is 9.10. The molecule has 0 spiro atoms. The Kier molecular flexibility index (Phi) is 5.77. The van der Waals surface area contributed by atoms with Crippen LogP contribution in [-0.2, 0) is 0 Å². The van der Waals surface area contributed by atoms with E-state index in [1.54, 1.807) is 17.8 Å². The molecule has 0 saturated carbocycles. The van der Waals surface area contributed by atoms with Crippen LogP contribution in [0, 0.1) is 5.82 Å². The molecule has 3 aromatic rings. The van der Waals surface area contributed by atoms with Crippen molar-refractivity contribution < 1.29 is 9.13 Å². The number of hydrogen-bond acceptors (Lipinski definition) is 6. The second-order valence-corrected chi connectivity index (χ2v) is 8.32. The van der Waals surface area contributed by atoms with E-state index < -0.39 is 6.23 Å². The molecule has 144 valence electrons. The quantitative estimate of drug-likeness (QED) is 0.381. The number of anilines is 1. The average molecular weight is 461 g/mol. The molecule has 28 heavy (non-hydrogen) atoms. The van der Waals surface area contributed by atoms with Gasteiger partial charge in [-0.05, 0) is 36.8 Å². The number of nitrogens with zero attached hydrogens (tertiary/aromatic N) is 3. The van der Waals surface area contributed by atoms with Crippen molar-refractivity contribution in [1.29, 1.82) is 0 Å². The van der Waals surface area contributed by atoms with Crippen LogP contribution in [0.4, 0.5) is 10.1 Å². The standard InChI is InChI=1S/C20H18BrFN4OS/c1-2-3-9-28-20-24-19-17(25-26-20)15-11-13(21)7-8-16(15)23-18(27-19)12-5-4-6-14(22)10-12/h4-8,10-11,18,23H,2-3,9H2,1H3. The smallest absolute Gasteiger partial charge is 0.247 e. The molecule has 2 heterocycles. The molecule has 4 rings (SSSR count). The van der Waals surface area contributed by atoms with Crippen LogP contribution in [0.1, 0.15) is 31.6 Å². The molecule has 8 heteroatoms. The van der Waals surface area contributed by atoms with Gasteiger partial charge in [-0.1, -0.05) is 53.2 Å². The van der Waals surface area contributed by atoms with Crippen molar-refractivity contribution in [3.63, 3.8) is 0 Å². The number of rotatable bonds is 5. The molecule has 1 unspecified atom stereocenters. The minimum atomic E-state index is -0.595. The second kappa shape index (κ2) is 8.45. The van der Waals surface area contributed by atoms with Crippen molar-refractivity contribution in [2.24, 2.45) is 0 Å². The van der Waals surface area contributed by atoms with E-state index in [4.69, 9.17) is 4.74 Å². The van der Waals surface area contributed by atoms with E-state index in [1.165, 1.54) is 12.1 Å². The lowest BCUT2D eigenvalue weighted by molar-refractivity contribution is 0.225. The Morgan fingerprint density at radius 2 is 2.11 bits per heavy atom. The Morgan fingerprint density at radius 1 is 1.21 bits per heavy atom. The van der Waals surface area contributed by atoms with Gasteiger partial charge in [-0.3, -0.25) is 0 Å². The Hall–Kier alpha value is -2.19. The van der Waals surface area contributed by atoms with E-state index in [9.17, 15) is 4.39 Å². The van der Waals surface area contributed by atoms with Crippen LogP contribution in [0.2, 0.25) is 0 Å². The van der Waals surface area contributed by atoms with Crippen molar-refractivity contribution >= 4 is 33.4 Å². The highest BCUT2D eigenvalue weighted by atomic mass is 79.9. The van der Waals surface area contributed by atoms with Gasteiger partial charge in [0.1, 0.15) is 5.82 Å². The lowest BCUT2D eigenvalue weighted by Gasteiger charge is -2.19. The van der Waals surface area contributed by atoms with E-state index in [-0.39, 0.29) is 5.82 Å². The molecule has 0 aliphatic carbocycles. The summed E-state index contributed by atoms with van der Waals surface area (Å²) >= 11 is 5.06. The van der Waals surface area contributed by atoms with Gasteiger partial charge in [-0.15, -0.1) is 10.2 Å². The lowest BCUT2D eigenvalue weighted by atomic mass is 10.1. The first-order chi connectivity index (χ1) is 13.6. The fraction of sp³-hybridized carbons (Fsp3) is 0.250. The fourth-order valence-corrected chi connectivity index (χ4v) is 4.08. The number of nitrogens with one attached hydrogen (secondary N) is 1. The number of unbranched alkanes of at least 4 members (excludes halogenated alkanes) is 1. The van der Waals surface area contributed by atoms with Crippen LogP contribution in [-0.4, -0.2) is 20.9 Å². The molecule has 0 saturated heterocycles. The molecular weight excluding hydrogens is 443 g/mol. The summed E-state index contributed by atoms with van der Waals surface area (Å²) in [5.74, 6) is 0.984. The van der Waals surface area contributed by atoms with Crippen molar-refractivity contribution in [1.82, 2.24) is 15.2 Å². The maximum Gasteiger partial charge on any atom is 0.247 e. The Balaban J connectivity index is 1.77. The predicted octanol–water partition coefficient (Wildman–Crippen LogP) is 5.84. The number of ether oxygens (including phenoxy) is 1. The topological polar surface area (TPSA) is 59.9 Å². The second-order valence-electron chi connectivity index (χ2n) is 6.34. The monoisotopic (exact) mass is 460 g/mol. The van der Waals surface area contributed by atoms with Gasteiger partial charge in [0, 0.05) is 27.0 Å². The minimum Gasteiger partial charge on any atom is -0.448 e. The van der Waals surface area contributed by atoms with Crippen molar-refractivity contribution in [2.45, 2.75) is 31.1 Å². The van der Waals surface area contributed by atoms with E-state index in [2.05, 4.69) is 43.4 Å². The normalized spacial score (nSPS) is 15.0. The molecule has 1 aromatic heterocycles. The first-order valence-corrected chi connectivity index (χ1v) is 10.8. The zero-order valence-corrected chi connectivity index (χ0v) is 17.6. The predicted molar refractivity (Wildman–Crippen MR) is 112 cm³/mol. The van der Waals surface area contributed by atoms with E-state index >= 15 is 0 Å². The molecule has 1 aliphatic heterocycles. The zero-order valence-electron chi connectivity index (χ0n) is 15.2. The number of benzene rings is 2. The summed E-state index contributed by atoms with van der Waals surface area (Å²) in [7, 11) is 0. The SMILES string of the molecule is CCCCSc1nnc2c(n1)OC(c1cccc(F)c1)Nc1ccc(Br)cc1-2. The Labute approximate surface area is 175 Å². The zero-order chi connectivity index (χ0) is 19.5. The van der Waals surface area contributed by atoms with Gasteiger partial charge in [-0.2, -0.15) is 4.98 Å². The number of aromatic nitrogens is 3. The van der Waals surface area contributed by atoms with Gasteiger partial charge >= 0.3 is 0 Å². The first-order valence-electron chi connectivity index (χ1n) is 9.00. The van der Waals surface area contributed by atoms with Crippen LogP contribution in [0.5, 0.6) is 5.88 Å². The molecular formula is C20H18BrFN4OS. The largest absolute Gasteiger partial charge is 0.448 e. The van der Waals surface area contributed by atoms with Crippen LogP contribution in [0.25, 0.3) is 11.3 Å². The summed E-state index contributed by atoms with van der Waals surface area (Å²) in [6.45, 7) is 2.14. The molecule has 1 N–H and O–H groups in total. The lowest BCUT2D eigenvalue weighted by Crippen LogP contribution is -2.17. The van der Waals surface area contributed by atoms with Gasteiger partial charge in [0.2, 0.25) is 11.0 Å². The molecule has 1 aliphatic rings. The Morgan fingerprint density at radius 3 is 2.93 bits per heavy atom. The third-order valence-corrected chi connectivity index (χ3v) is 5.69. The average Bonchev–Trinajstić information content (AvgIpc) is 2.84. The van der Waals surface area contributed by atoms with Crippen LogP contribution < -0.4 is 10.1 Å². The van der Waals surface area contributed by atoms with Crippen molar-refractivity contribution in [3.8, 4) is 17.1 Å². The summed E-state index contributed by atoms with van der Waals surface area (Å²) in [5, 5.41) is 12.6. The van der Waals surface area contributed by atoms with Gasteiger partial charge < -0.3 is 10.1 Å². The van der Waals surface area contributed by atoms with Crippen LogP contribution in [0.3, 0.4) is 0 Å². The molecule has 0 amide bonds. The van der Waals surface area contributed by atoms with Crippen LogP contribution in [0.15, 0.2) is 52.1 Å². The molecule has 2 aromatic carbocycles. The number of hydrogen-bond donors (Lipinski definition) is 1.